The van der Waals surface area contributed by atoms with Crippen LogP contribution in [0.1, 0.15) is 36.2 Å². The number of H-pyrrole nitrogens is 2. The van der Waals surface area contributed by atoms with E-state index in [9.17, 15) is 4.79 Å². The normalized spacial score (nSPS) is 12.1. The molecule has 0 saturated heterocycles. The Morgan fingerprint density at radius 2 is 1.94 bits per heavy atom. The number of nitrogens with zero attached hydrogens (tertiary/aromatic N) is 3. The zero-order valence-electron chi connectivity index (χ0n) is 19.3. The Kier molecular flexibility index (Phi) is 6.93. The highest BCUT2D eigenvalue weighted by molar-refractivity contribution is 7.71. The Hall–Kier alpha value is -3.39. The van der Waals surface area contributed by atoms with Crippen LogP contribution in [0, 0.1) is 4.77 Å². The van der Waals surface area contributed by atoms with Crippen molar-refractivity contribution >= 4 is 34.7 Å². The Morgan fingerprint density at radius 1 is 1.18 bits per heavy atom. The SMILES string of the molecule is CCCc1n[nH]c(=S)n1CC(=O)NCC(c1ccc(N(C)C)cc1)c1c[nH]c2ccccc12. The first-order valence-corrected chi connectivity index (χ1v) is 11.6. The van der Waals surface area contributed by atoms with E-state index in [0.717, 1.165) is 46.4 Å². The van der Waals surface area contributed by atoms with E-state index in [0.29, 0.717) is 11.3 Å². The third-order valence-corrected chi connectivity index (χ3v) is 6.24. The molecule has 0 saturated carbocycles. The average Bonchev–Trinajstić information content (AvgIpc) is 3.39. The van der Waals surface area contributed by atoms with E-state index in [1.54, 1.807) is 4.57 Å². The lowest BCUT2D eigenvalue weighted by atomic mass is 9.90. The van der Waals surface area contributed by atoms with Crippen molar-refractivity contribution in [3.05, 3.63) is 76.5 Å². The monoisotopic (exact) mass is 462 g/mol. The lowest BCUT2D eigenvalue weighted by molar-refractivity contribution is -0.121. The van der Waals surface area contributed by atoms with Crippen molar-refractivity contribution in [1.82, 2.24) is 25.1 Å². The van der Waals surface area contributed by atoms with E-state index in [1.165, 1.54) is 0 Å². The molecule has 172 valence electrons. The first-order valence-electron chi connectivity index (χ1n) is 11.2. The number of fused-ring (bicyclic) bond motifs is 1. The molecular formula is C25H30N6OS. The van der Waals surface area contributed by atoms with E-state index in [-0.39, 0.29) is 18.4 Å². The summed E-state index contributed by atoms with van der Waals surface area (Å²) in [7, 11) is 4.06. The second-order valence-electron chi connectivity index (χ2n) is 8.41. The van der Waals surface area contributed by atoms with Gasteiger partial charge in [-0.15, -0.1) is 0 Å². The summed E-state index contributed by atoms with van der Waals surface area (Å²) in [5, 5.41) is 11.4. The number of amides is 1. The van der Waals surface area contributed by atoms with Crippen molar-refractivity contribution in [2.75, 3.05) is 25.5 Å². The summed E-state index contributed by atoms with van der Waals surface area (Å²) in [4.78, 5) is 18.3. The standard InChI is InChI=1S/C25H30N6OS/c1-4-7-23-28-29-25(33)31(23)16-24(32)27-14-20(17-10-12-18(13-11-17)30(2)3)21-15-26-22-9-6-5-8-19(21)22/h5-6,8-13,15,20,26H,4,7,14,16H2,1-3H3,(H,27,32)(H,29,33). The maximum atomic E-state index is 12.9. The Balaban J connectivity index is 1.58. The fourth-order valence-electron chi connectivity index (χ4n) is 4.14. The lowest BCUT2D eigenvalue weighted by Crippen LogP contribution is -2.32. The van der Waals surface area contributed by atoms with Crippen LogP contribution in [0.3, 0.4) is 0 Å². The van der Waals surface area contributed by atoms with Gasteiger partial charge < -0.3 is 15.2 Å². The Labute approximate surface area is 198 Å². The molecule has 33 heavy (non-hydrogen) atoms. The molecule has 0 spiro atoms. The number of anilines is 1. The number of aromatic nitrogens is 4. The number of nitrogens with one attached hydrogen (secondary N) is 3. The largest absolute Gasteiger partial charge is 0.378 e. The van der Waals surface area contributed by atoms with Gasteiger partial charge in [-0.1, -0.05) is 37.3 Å². The summed E-state index contributed by atoms with van der Waals surface area (Å²) in [6.07, 6.45) is 3.76. The van der Waals surface area contributed by atoms with Crippen molar-refractivity contribution in [1.29, 1.82) is 0 Å². The summed E-state index contributed by atoms with van der Waals surface area (Å²) >= 11 is 5.33. The van der Waals surface area contributed by atoms with Crippen LogP contribution in [-0.2, 0) is 17.8 Å². The Bertz CT molecular complexity index is 1280. The molecule has 3 N–H and O–H groups in total. The van der Waals surface area contributed by atoms with Crippen LogP contribution in [0.4, 0.5) is 5.69 Å². The quantitative estimate of drug-likeness (QED) is 0.322. The zero-order chi connectivity index (χ0) is 23.4. The van der Waals surface area contributed by atoms with Crippen LogP contribution in [0.5, 0.6) is 0 Å². The number of carbonyl (C=O) groups excluding carboxylic acids is 1. The maximum Gasteiger partial charge on any atom is 0.240 e. The van der Waals surface area contributed by atoms with E-state index in [1.807, 2.05) is 32.4 Å². The van der Waals surface area contributed by atoms with Crippen LogP contribution < -0.4 is 10.2 Å². The van der Waals surface area contributed by atoms with Crippen LogP contribution in [-0.4, -0.2) is 46.3 Å². The van der Waals surface area contributed by atoms with Crippen molar-refractivity contribution in [3.63, 3.8) is 0 Å². The number of aryl methyl sites for hydroxylation is 1. The first-order chi connectivity index (χ1) is 16.0. The molecule has 0 bridgehead atoms. The number of para-hydroxylation sites is 1. The molecule has 2 heterocycles. The summed E-state index contributed by atoms with van der Waals surface area (Å²) in [6.45, 7) is 2.72. The topological polar surface area (TPSA) is 81.7 Å². The molecule has 0 aliphatic rings. The molecule has 4 rings (SSSR count). The van der Waals surface area contributed by atoms with E-state index in [2.05, 4.69) is 68.7 Å². The predicted molar refractivity (Wildman–Crippen MR) is 135 cm³/mol. The van der Waals surface area contributed by atoms with Crippen LogP contribution in [0.15, 0.2) is 54.7 Å². The second-order valence-corrected chi connectivity index (χ2v) is 8.80. The van der Waals surface area contributed by atoms with Gasteiger partial charge in [-0.25, -0.2) is 0 Å². The molecule has 0 aliphatic heterocycles. The Morgan fingerprint density at radius 3 is 2.67 bits per heavy atom. The van der Waals surface area contributed by atoms with Gasteiger partial charge in [-0.2, -0.15) is 5.10 Å². The molecule has 2 aromatic heterocycles. The highest BCUT2D eigenvalue weighted by atomic mass is 32.1. The molecule has 4 aromatic rings. The summed E-state index contributed by atoms with van der Waals surface area (Å²) < 4.78 is 2.25. The van der Waals surface area contributed by atoms with Gasteiger partial charge in [-0.3, -0.25) is 14.5 Å². The molecule has 1 amide bonds. The van der Waals surface area contributed by atoms with Crippen molar-refractivity contribution in [2.24, 2.45) is 0 Å². The third-order valence-electron chi connectivity index (χ3n) is 5.92. The third kappa shape index (κ3) is 5.01. The van der Waals surface area contributed by atoms with Crippen LogP contribution in [0.2, 0.25) is 0 Å². The van der Waals surface area contributed by atoms with Gasteiger partial charge in [0.1, 0.15) is 12.4 Å². The van der Waals surface area contributed by atoms with Crippen LogP contribution >= 0.6 is 12.2 Å². The van der Waals surface area contributed by atoms with Gasteiger partial charge in [0.05, 0.1) is 0 Å². The molecule has 8 heteroatoms. The van der Waals surface area contributed by atoms with Crippen LogP contribution in [0.25, 0.3) is 10.9 Å². The van der Waals surface area contributed by atoms with Gasteiger partial charge in [0.2, 0.25) is 5.91 Å². The molecule has 2 aromatic carbocycles. The van der Waals surface area contributed by atoms with Gasteiger partial charge in [0.15, 0.2) is 4.77 Å². The first kappa shape index (κ1) is 22.8. The second kappa shape index (κ2) is 10.0. The molecular weight excluding hydrogens is 432 g/mol. The van der Waals surface area contributed by atoms with Gasteiger partial charge in [0, 0.05) is 55.8 Å². The highest BCUT2D eigenvalue weighted by Crippen LogP contribution is 2.31. The fraction of sp³-hybridized carbons (Fsp3) is 0.320. The zero-order valence-corrected chi connectivity index (χ0v) is 20.1. The molecule has 0 aliphatic carbocycles. The summed E-state index contributed by atoms with van der Waals surface area (Å²) in [6, 6.07) is 16.8. The number of carbonyl (C=O) groups is 1. The minimum absolute atomic E-state index is 0.00810. The molecule has 1 unspecified atom stereocenters. The highest BCUT2D eigenvalue weighted by Gasteiger charge is 2.20. The summed E-state index contributed by atoms with van der Waals surface area (Å²) in [5.74, 6) is 0.735. The summed E-state index contributed by atoms with van der Waals surface area (Å²) in [5.41, 5.74) is 4.54. The molecule has 1 atom stereocenters. The van der Waals surface area contributed by atoms with E-state index < -0.39 is 0 Å². The van der Waals surface area contributed by atoms with Crippen molar-refractivity contribution in [3.8, 4) is 0 Å². The van der Waals surface area contributed by atoms with Gasteiger partial charge >= 0.3 is 0 Å². The van der Waals surface area contributed by atoms with Crippen molar-refractivity contribution in [2.45, 2.75) is 32.2 Å². The fourth-order valence-corrected chi connectivity index (χ4v) is 4.35. The van der Waals surface area contributed by atoms with E-state index in [4.69, 9.17) is 12.2 Å². The minimum atomic E-state index is -0.0837. The maximum absolute atomic E-state index is 12.9. The molecule has 7 nitrogen and oxygen atoms in total. The number of benzene rings is 2. The number of rotatable bonds is 9. The smallest absolute Gasteiger partial charge is 0.240 e. The predicted octanol–water partition coefficient (Wildman–Crippen LogP) is 4.39. The average molecular weight is 463 g/mol. The van der Waals surface area contributed by atoms with Crippen molar-refractivity contribution < 1.29 is 4.79 Å². The minimum Gasteiger partial charge on any atom is -0.378 e. The number of hydrogen-bond acceptors (Lipinski definition) is 4. The lowest BCUT2D eigenvalue weighted by Gasteiger charge is -2.20. The van der Waals surface area contributed by atoms with E-state index >= 15 is 0 Å². The van der Waals surface area contributed by atoms with Gasteiger partial charge in [0.25, 0.3) is 0 Å². The molecule has 0 radical (unpaired) electrons. The number of hydrogen-bond donors (Lipinski definition) is 3. The number of aromatic amines is 2. The molecule has 0 fully saturated rings. The van der Waals surface area contributed by atoms with Gasteiger partial charge in [-0.05, 0) is 48.0 Å².